The fourth-order valence-corrected chi connectivity index (χ4v) is 5.22. The number of nitrogens with one attached hydrogen (secondary N) is 1. The Balaban J connectivity index is 1.54. The molecule has 1 saturated carbocycles. The third kappa shape index (κ3) is 5.19. The first-order valence-corrected chi connectivity index (χ1v) is 12.6. The van der Waals surface area contributed by atoms with Crippen molar-refractivity contribution in [3.63, 3.8) is 0 Å². The van der Waals surface area contributed by atoms with Crippen LogP contribution in [0.15, 0.2) is 48.5 Å². The van der Waals surface area contributed by atoms with Crippen LogP contribution in [0, 0.1) is 11.7 Å². The highest BCUT2D eigenvalue weighted by molar-refractivity contribution is 6.30. The molecule has 1 aliphatic heterocycles. The monoisotopic (exact) mass is 493 g/mol. The SMILES string of the molecule is C[C@@H](NC(=O)c1nn(-c2ccc(Cl)cc2)c2c1COCC2=Cc1ccc(F)cc1)C1CCCCC1. The van der Waals surface area contributed by atoms with Crippen LogP contribution in [-0.4, -0.2) is 28.3 Å². The van der Waals surface area contributed by atoms with Gasteiger partial charge in [-0.25, -0.2) is 9.07 Å². The molecule has 0 saturated heterocycles. The van der Waals surface area contributed by atoms with Gasteiger partial charge in [0.15, 0.2) is 5.69 Å². The van der Waals surface area contributed by atoms with Gasteiger partial charge in [0.2, 0.25) is 0 Å². The van der Waals surface area contributed by atoms with Gasteiger partial charge in [-0.1, -0.05) is 43.0 Å². The van der Waals surface area contributed by atoms with Gasteiger partial charge in [0.25, 0.3) is 5.91 Å². The Bertz CT molecular complexity index is 1230. The average molecular weight is 494 g/mol. The van der Waals surface area contributed by atoms with Crippen molar-refractivity contribution in [2.45, 2.75) is 51.7 Å². The Labute approximate surface area is 209 Å². The molecule has 2 aliphatic rings. The molecule has 2 heterocycles. The Morgan fingerprint density at radius 3 is 2.54 bits per heavy atom. The first-order chi connectivity index (χ1) is 17.0. The molecule has 1 atom stereocenters. The van der Waals surface area contributed by atoms with Crippen molar-refractivity contribution in [2.75, 3.05) is 6.61 Å². The van der Waals surface area contributed by atoms with E-state index < -0.39 is 0 Å². The van der Waals surface area contributed by atoms with Crippen molar-refractivity contribution >= 4 is 29.2 Å². The summed E-state index contributed by atoms with van der Waals surface area (Å²) in [7, 11) is 0. The average Bonchev–Trinajstić information content (AvgIpc) is 3.27. The number of aromatic nitrogens is 2. The molecule has 1 amide bonds. The third-order valence-electron chi connectivity index (χ3n) is 7.00. The van der Waals surface area contributed by atoms with E-state index >= 15 is 0 Å². The fourth-order valence-electron chi connectivity index (χ4n) is 5.10. The minimum Gasteiger partial charge on any atom is -0.372 e. The number of carbonyl (C=O) groups excluding carboxylic acids is 1. The van der Waals surface area contributed by atoms with Crippen molar-refractivity contribution in [3.8, 4) is 5.69 Å². The number of hydrogen-bond donors (Lipinski definition) is 1. The van der Waals surface area contributed by atoms with Gasteiger partial charge in [-0.05, 0) is 73.7 Å². The van der Waals surface area contributed by atoms with Crippen LogP contribution < -0.4 is 5.32 Å². The Hall–Kier alpha value is -2.96. The molecule has 7 heteroatoms. The van der Waals surface area contributed by atoms with Crippen molar-refractivity contribution in [1.29, 1.82) is 0 Å². The smallest absolute Gasteiger partial charge is 0.272 e. The van der Waals surface area contributed by atoms with Crippen LogP contribution in [0.5, 0.6) is 0 Å². The number of ether oxygens (including phenoxy) is 1. The summed E-state index contributed by atoms with van der Waals surface area (Å²) in [5.41, 5.74) is 4.49. The van der Waals surface area contributed by atoms with E-state index in [1.807, 2.05) is 18.2 Å². The van der Waals surface area contributed by atoms with Gasteiger partial charge >= 0.3 is 0 Å². The molecule has 1 N–H and O–H groups in total. The minimum absolute atomic E-state index is 0.0814. The van der Waals surface area contributed by atoms with Gasteiger partial charge in [0.1, 0.15) is 5.82 Å². The molecule has 0 unspecified atom stereocenters. The standard InChI is InChI=1S/C28H29ClFN3O2/c1-18(20-5-3-2-4-6-20)31-28(34)26-25-17-35-16-21(15-19-7-11-23(30)12-8-19)27(25)33(32-26)24-13-9-22(29)10-14-24/h7-15,18,20H,2-6,16-17H2,1H3,(H,31,34)/t18-/m1/s1. The lowest BCUT2D eigenvalue weighted by molar-refractivity contribution is 0.0906. The number of halogens is 2. The van der Waals surface area contributed by atoms with Crippen molar-refractivity contribution in [3.05, 3.63) is 81.9 Å². The lowest BCUT2D eigenvalue weighted by atomic mass is 9.84. The number of benzene rings is 2. The second kappa shape index (κ2) is 10.3. The molecule has 2 aromatic carbocycles. The highest BCUT2D eigenvalue weighted by Crippen LogP contribution is 2.33. The van der Waals surface area contributed by atoms with Crippen LogP contribution in [-0.2, 0) is 11.3 Å². The van der Waals surface area contributed by atoms with Gasteiger partial charge in [-0.2, -0.15) is 5.10 Å². The zero-order valence-electron chi connectivity index (χ0n) is 19.8. The molecule has 3 aromatic rings. The molecular weight excluding hydrogens is 465 g/mol. The van der Waals surface area contributed by atoms with Crippen molar-refractivity contribution < 1.29 is 13.9 Å². The van der Waals surface area contributed by atoms with Crippen LogP contribution in [0.3, 0.4) is 0 Å². The van der Waals surface area contributed by atoms with Gasteiger partial charge in [0, 0.05) is 22.2 Å². The number of carbonyl (C=O) groups is 1. The summed E-state index contributed by atoms with van der Waals surface area (Å²) >= 11 is 6.12. The maximum atomic E-state index is 13.4. The first kappa shape index (κ1) is 23.8. The van der Waals surface area contributed by atoms with E-state index in [1.54, 1.807) is 28.9 Å². The van der Waals surface area contributed by atoms with Gasteiger partial charge < -0.3 is 10.1 Å². The number of rotatable bonds is 5. The zero-order valence-corrected chi connectivity index (χ0v) is 20.5. The summed E-state index contributed by atoms with van der Waals surface area (Å²) < 4.78 is 21.1. The fraction of sp³-hybridized carbons (Fsp3) is 0.357. The van der Waals surface area contributed by atoms with E-state index in [-0.39, 0.29) is 17.8 Å². The first-order valence-electron chi connectivity index (χ1n) is 12.2. The van der Waals surface area contributed by atoms with Crippen molar-refractivity contribution in [2.24, 2.45) is 5.92 Å². The van der Waals surface area contributed by atoms with E-state index in [1.165, 1.54) is 31.4 Å². The summed E-state index contributed by atoms with van der Waals surface area (Å²) in [6.45, 7) is 2.75. The van der Waals surface area contributed by atoms with E-state index in [0.717, 1.165) is 40.9 Å². The second-order valence-corrected chi connectivity index (χ2v) is 9.87. The summed E-state index contributed by atoms with van der Waals surface area (Å²) in [4.78, 5) is 13.4. The van der Waals surface area contributed by atoms with E-state index in [2.05, 4.69) is 12.2 Å². The molecular formula is C28H29ClFN3O2. The molecule has 0 bridgehead atoms. The van der Waals surface area contributed by atoms with E-state index in [4.69, 9.17) is 21.4 Å². The molecule has 182 valence electrons. The number of amides is 1. The minimum atomic E-state index is -0.287. The molecule has 1 aliphatic carbocycles. The lowest BCUT2D eigenvalue weighted by Crippen LogP contribution is -2.39. The van der Waals surface area contributed by atoms with Gasteiger partial charge in [-0.15, -0.1) is 0 Å². The van der Waals surface area contributed by atoms with Crippen LogP contribution in [0.2, 0.25) is 5.02 Å². The van der Waals surface area contributed by atoms with Crippen LogP contribution in [0.4, 0.5) is 4.39 Å². The van der Waals surface area contributed by atoms with Crippen LogP contribution in [0.1, 0.15) is 66.3 Å². The molecule has 1 fully saturated rings. The third-order valence-corrected chi connectivity index (χ3v) is 7.26. The van der Waals surface area contributed by atoms with Gasteiger partial charge in [-0.3, -0.25) is 4.79 Å². The maximum Gasteiger partial charge on any atom is 0.272 e. The molecule has 0 radical (unpaired) electrons. The largest absolute Gasteiger partial charge is 0.372 e. The number of hydrogen-bond acceptors (Lipinski definition) is 3. The Kier molecular flexibility index (Phi) is 7.02. The topological polar surface area (TPSA) is 56.2 Å². The molecule has 0 spiro atoms. The highest BCUT2D eigenvalue weighted by atomic mass is 35.5. The normalized spacial score (nSPS) is 18.3. The molecule has 1 aromatic heterocycles. The summed E-state index contributed by atoms with van der Waals surface area (Å²) in [5.74, 6) is 0.0238. The van der Waals surface area contributed by atoms with Crippen molar-refractivity contribution in [1.82, 2.24) is 15.1 Å². The summed E-state index contributed by atoms with van der Waals surface area (Å²) in [6, 6.07) is 13.8. The Morgan fingerprint density at radius 1 is 1.11 bits per heavy atom. The number of fused-ring (bicyclic) bond motifs is 1. The van der Waals surface area contributed by atoms with Crippen LogP contribution >= 0.6 is 11.6 Å². The zero-order chi connectivity index (χ0) is 24.4. The predicted molar refractivity (Wildman–Crippen MR) is 136 cm³/mol. The van der Waals surface area contributed by atoms with Crippen LogP contribution in [0.25, 0.3) is 17.3 Å². The highest BCUT2D eigenvalue weighted by Gasteiger charge is 2.30. The van der Waals surface area contributed by atoms with E-state index in [9.17, 15) is 9.18 Å². The second-order valence-electron chi connectivity index (χ2n) is 9.44. The number of nitrogens with zero attached hydrogens (tertiary/aromatic N) is 2. The summed E-state index contributed by atoms with van der Waals surface area (Å²) in [5, 5.41) is 8.61. The molecule has 5 rings (SSSR count). The lowest BCUT2D eigenvalue weighted by Gasteiger charge is -2.28. The quantitative estimate of drug-likeness (QED) is 0.445. The predicted octanol–water partition coefficient (Wildman–Crippen LogP) is 6.43. The maximum absolute atomic E-state index is 13.4. The van der Waals surface area contributed by atoms with Gasteiger partial charge in [0.05, 0.1) is 24.6 Å². The van der Waals surface area contributed by atoms with E-state index in [0.29, 0.717) is 29.8 Å². The molecule has 5 nitrogen and oxygen atoms in total. The molecule has 35 heavy (non-hydrogen) atoms. The summed E-state index contributed by atoms with van der Waals surface area (Å²) in [6.07, 6.45) is 7.96. The Morgan fingerprint density at radius 2 is 1.83 bits per heavy atom.